The lowest BCUT2D eigenvalue weighted by Gasteiger charge is -2.11. The number of thiophene rings is 1. The molecule has 0 radical (unpaired) electrons. The van der Waals surface area contributed by atoms with E-state index in [1.165, 1.54) is 23.3 Å². The molecule has 1 aliphatic carbocycles. The van der Waals surface area contributed by atoms with Crippen molar-refractivity contribution >= 4 is 40.0 Å². The molecule has 1 aromatic carbocycles. The largest absolute Gasteiger partial charge is 0.465 e. The van der Waals surface area contributed by atoms with Gasteiger partial charge < -0.3 is 10.1 Å². The molecule has 0 unspecified atom stereocenters. The number of ether oxygens (including phenoxy) is 1. The van der Waals surface area contributed by atoms with Gasteiger partial charge in [0.05, 0.1) is 12.7 Å². The Bertz CT molecular complexity index is 783. The number of rotatable bonds is 4. The lowest BCUT2D eigenvalue weighted by molar-refractivity contribution is 0.0601. The number of amides is 1. The molecule has 126 valence electrons. The first-order chi connectivity index (χ1) is 11.6. The molecule has 0 saturated carbocycles. The van der Waals surface area contributed by atoms with Crippen molar-refractivity contribution in [1.29, 1.82) is 0 Å². The summed E-state index contributed by atoms with van der Waals surface area (Å²) in [6.07, 6.45) is 5.99. The first-order valence-electron chi connectivity index (χ1n) is 7.82. The van der Waals surface area contributed by atoms with Gasteiger partial charge in [0.1, 0.15) is 5.00 Å². The summed E-state index contributed by atoms with van der Waals surface area (Å²) >= 11 is 3.09. The summed E-state index contributed by atoms with van der Waals surface area (Å²) in [5, 5.41) is 3.52. The summed E-state index contributed by atoms with van der Waals surface area (Å²) < 4.78 is 4.94. The number of anilines is 1. The van der Waals surface area contributed by atoms with Gasteiger partial charge in [0.15, 0.2) is 0 Å². The maximum absolute atomic E-state index is 12.6. The molecule has 1 aliphatic rings. The van der Waals surface area contributed by atoms with Crippen molar-refractivity contribution in [2.45, 2.75) is 30.6 Å². The highest BCUT2D eigenvalue weighted by atomic mass is 32.2. The third-order valence-electron chi connectivity index (χ3n) is 4.12. The molecule has 2 aromatic rings. The maximum atomic E-state index is 12.6. The number of aryl methyl sites for hydroxylation is 1. The fourth-order valence-electron chi connectivity index (χ4n) is 2.91. The molecule has 1 N–H and O–H groups in total. The minimum absolute atomic E-state index is 0.199. The minimum Gasteiger partial charge on any atom is -0.465 e. The molecule has 4 nitrogen and oxygen atoms in total. The van der Waals surface area contributed by atoms with Gasteiger partial charge in [0, 0.05) is 15.3 Å². The van der Waals surface area contributed by atoms with E-state index in [0.29, 0.717) is 16.1 Å². The van der Waals surface area contributed by atoms with Crippen molar-refractivity contribution in [3.8, 4) is 0 Å². The Labute approximate surface area is 149 Å². The normalized spacial score (nSPS) is 13.2. The maximum Gasteiger partial charge on any atom is 0.341 e. The second-order valence-corrected chi connectivity index (χ2v) is 7.58. The number of carbonyl (C=O) groups is 2. The molecule has 0 bridgehead atoms. The van der Waals surface area contributed by atoms with Crippen LogP contribution >= 0.6 is 23.1 Å². The van der Waals surface area contributed by atoms with Crippen LogP contribution in [0.5, 0.6) is 0 Å². The molecule has 1 amide bonds. The molecular formula is C18H19NO3S2. The summed E-state index contributed by atoms with van der Waals surface area (Å²) in [7, 11) is 1.38. The molecule has 1 aromatic heterocycles. The minimum atomic E-state index is -0.373. The van der Waals surface area contributed by atoms with Crippen molar-refractivity contribution in [1.82, 2.24) is 0 Å². The van der Waals surface area contributed by atoms with Gasteiger partial charge in [0.25, 0.3) is 5.91 Å². The smallest absolute Gasteiger partial charge is 0.341 e. The summed E-state index contributed by atoms with van der Waals surface area (Å²) in [4.78, 5) is 27.0. The highest BCUT2D eigenvalue weighted by molar-refractivity contribution is 7.98. The fourth-order valence-corrected chi connectivity index (χ4v) is 4.64. The van der Waals surface area contributed by atoms with E-state index in [-0.39, 0.29) is 11.9 Å². The Morgan fingerprint density at radius 1 is 1.25 bits per heavy atom. The van der Waals surface area contributed by atoms with E-state index in [9.17, 15) is 9.59 Å². The zero-order valence-corrected chi connectivity index (χ0v) is 15.3. The van der Waals surface area contributed by atoms with Gasteiger partial charge in [-0.05, 0) is 55.7 Å². The van der Waals surface area contributed by atoms with Crippen LogP contribution in [0.25, 0.3) is 0 Å². The van der Waals surface area contributed by atoms with Gasteiger partial charge in [-0.15, -0.1) is 23.1 Å². The van der Waals surface area contributed by atoms with Crippen LogP contribution in [0.4, 0.5) is 5.00 Å². The number of esters is 1. The fraction of sp³-hybridized carbons (Fsp3) is 0.333. The lowest BCUT2D eigenvalue weighted by Crippen LogP contribution is -2.15. The molecule has 1 heterocycles. The van der Waals surface area contributed by atoms with Gasteiger partial charge in [0.2, 0.25) is 0 Å². The summed E-state index contributed by atoms with van der Waals surface area (Å²) in [5.41, 5.74) is 2.17. The molecule has 6 heteroatoms. The van der Waals surface area contributed by atoms with E-state index in [1.54, 1.807) is 17.8 Å². The third-order valence-corrected chi connectivity index (χ3v) is 6.05. The number of nitrogens with one attached hydrogen (secondary N) is 1. The van der Waals surface area contributed by atoms with Crippen LogP contribution in [-0.4, -0.2) is 25.2 Å². The van der Waals surface area contributed by atoms with Crippen LogP contribution < -0.4 is 5.32 Å². The molecular weight excluding hydrogens is 342 g/mol. The van der Waals surface area contributed by atoms with Crippen molar-refractivity contribution < 1.29 is 14.3 Å². The topological polar surface area (TPSA) is 55.4 Å². The van der Waals surface area contributed by atoms with Crippen molar-refractivity contribution in [2.75, 3.05) is 18.7 Å². The van der Waals surface area contributed by atoms with Gasteiger partial charge in [-0.1, -0.05) is 6.07 Å². The van der Waals surface area contributed by atoms with E-state index in [2.05, 4.69) is 5.32 Å². The zero-order valence-electron chi connectivity index (χ0n) is 13.7. The van der Waals surface area contributed by atoms with Crippen LogP contribution in [0.1, 0.15) is 44.0 Å². The van der Waals surface area contributed by atoms with Crippen molar-refractivity contribution in [2.24, 2.45) is 0 Å². The van der Waals surface area contributed by atoms with Crippen molar-refractivity contribution in [3.63, 3.8) is 0 Å². The predicted octanol–water partition coefficient (Wildman–Crippen LogP) is 4.39. The average Bonchev–Trinajstić information content (AvgIpc) is 2.98. The Morgan fingerprint density at radius 3 is 2.79 bits per heavy atom. The van der Waals surface area contributed by atoms with E-state index in [1.807, 2.05) is 24.5 Å². The van der Waals surface area contributed by atoms with Crippen LogP contribution in [0, 0.1) is 0 Å². The standard InChI is InChI=1S/C18H19NO3S2/c1-22-18(21)15-13-8-3-4-9-14(13)24-17(15)19-16(20)11-6-5-7-12(10-11)23-2/h5-7,10H,3-4,8-9H2,1-2H3,(H,19,20). The van der Waals surface area contributed by atoms with Gasteiger partial charge in [-0.25, -0.2) is 4.79 Å². The number of fused-ring (bicyclic) bond motifs is 1. The molecule has 0 atom stereocenters. The SMILES string of the molecule is COC(=O)c1c(NC(=O)c2cccc(SC)c2)sc2c1CCCC2. The van der Waals surface area contributed by atoms with Crippen LogP contribution in [0.2, 0.25) is 0 Å². The number of benzene rings is 1. The van der Waals surface area contributed by atoms with E-state index >= 15 is 0 Å². The highest BCUT2D eigenvalue weighted by Gasteiger charge is 2.27. The molecule has 3 rings (SSSR count). The Kier molecular flexibility index (Phi) is 5.26. The first-order valence-corrected chi connectivity index (χ1v) is 9.86. The van der Waals surface area contributed by atoms with Gasteiger partial charge >= 0.3 is 5.97 Å². The Hall–Kier alpha value is -1.79. The van der Waals surface area contributed by atoms with Gasteiger partial charge in [-0.3, -0.25) is 4.79 Å². The lowest BCUT2D eigenvalue weighted by atomic mass is 9.95. The zero-order chi connectivity index (χ0) is 17.1. The quantitative estimate of drug-likeness (QED) is 0.648. The van der Waals surface area contributed by atoms with Crippen molar-refractivity contribution in [3.05, 3.63) is 45.8 Å². The molecule has 24 heavy (non-hydrogen) atoms. The van der Waals surface area contributed by atoms with E-state index in [4.69, 9.17) is 4.74 Å². The van der Waals surface area contributed by atoms with Crippen LogP contribution in [0.15, 0.2) is 29.2 Å². The Morgan fingerprint density at radius 2 is 2.04 bits per heavy atom. The van der Waals surface area contributed by atoms with E-state index in [0.717, 1.165) is 36.1 Å². The summed E-state index contributed by atoms with van der Waals surface area (Å²) in [5.74, 6) is -0.572. The van der Waals surface area contributed by atoms with Crippen LogP contribution in [0.3, 0.4) is 0 Å². The molecule has 0 fully saturated rings. The summed E-state index contributed by atoms with van der Waals surface area (Å²) in [6.45, 7) is 0. The Balaban J connectivity index is 1.92. The highest BCUT2D eigenvalue weighted by Crippen LogP contribution is 2.38. The monoisotopic (exact) mass is 361 g/mol. The number of hydrogen-bond donors (Lipinski definition) is 1. The van der Waals surface area contributed by atoms with Gasteiger partial charge in [-0.2, -0.15) is 0 Å². The van der Waals surface area contributed by atoms with E-state index < -0.39 is 0 Å². The number of carbonyl (C=O) groups excluding carboxylic acids is 2. The average molecular weight is 361 g/mol. The molecule has 0 aliphatic heterocycles. The molecule has 0 spiro atoms. The number of thioether (sulfide) groups is 1. The third kappa shape index (κ3) is 3.35. The number of methoxy groups -OCH3 is 1. The van der Waals surface area contributed by atoms with Crippen LogP contribution in [-0.2, 0) is 17.6 Å². The summed E-state index contributed by atoms with van der Waals surface area (Å²) in [6, 6.07) is 7.46. The first kappa shape index (κ1) is 17.0. The number of hydrogen-bond acceptors (Lipinski definition) is 5. The molecule has 0 saturated heterocycles. The second kappa shape index (κ2) is 7.40. The predicted molar refractivity (Wildman–Crippen MR) is 98.5 cm³/mol. The second-order valence-electron chi connectivity index (χ2n) is 5.59.